The van der Waals surface area contributed by atoms with Gasteiger partial charge >= 0.3 is 6.18 Å². The number of sulfonamides is 1. The molecule has 9 nitrogen and oxygen atoms in total. The lowest BCUT2D eigenvalue weighted by Gasteiger charge is -2.31. The van der Waals surface area contributed by atoms with E-state index in [1.54, 1.807) is 7.05 Å². The predicted octanol–water partition coefficient (Wildman–Crippen LogP) is 1.24. The van der Waals surface area contributed by atoms with Crippen LogP contribution in [0.15, 0.2) is 27.1 Å². The Morgan fingerprint density at radius 3 is 2.35 bits per heavy atom. The SMILES string of the molecule is CN1NN=C(c2c(C3CCC(C4=NCCN4)CC3)ccc(C(F)(F)F)c2S(N)(=O)=O)N1. The van der Waals surface area contributed by atoms with Crippen molar-refractivity contribution in [2.24, 2.45) is 21.2 Å². The van der Waals surface area contributed by atoms with Gasteiger partial charge < -0.3 is 5.32 Å². The first-order valence-electron chi connectivity index (χ1n) is 9.95. The zero-order valence-corrected chi connectivity index (χ0v) is 17.6. The lowest BCUT2D eigenvalue weighted by Crippen LogP contribution is -2.39. The summed E-state index contributed by atoms with van der Waals surface area (Å²) in [7, 11) is -3.15. The van der Waals surface area contributed by atoms with E-state index >= 15 is 0 Å². The highest BCUT2D eigenvalue weighted by Gasteiger charge is 2.41. The normalized spacial score (nSPS) is 24.8. The third-order valence-electron chi connectivity index (χ3n) is 5.86. The van der Waals surface area contributed by atoms with Crippen molar-refractivity contribution in [2.45, 2.75) is 42.7 Å². The van der Waals surface area contributed by atoms with Crippen LogP contribution in [-0.2, 0) is 16.2 Å². The number of hydrazine groups is 2. The van der Waals surface area contributed by atoms with E-state index in [-0.39, 0.29) is 23.2 Å². The molecule has 0 aromatic heterocycles. The largest absolute Gasteiger partial charge is 0.417 e. The van der Waals surface area contributed by atoms with Gasteiger partial charge in [-0.2, -0.15) is 13.2 Å². The molecule has 0 spiro atoms. The van der Waals surface area contributed by atoms with Gasteiger partial charge in [-0.15, -0.1) is 10.2 Å². The summed E-state index contributed by atoms with van der Waals surface area (Å²) in [6.07, 6.45) is -1.91. The molecule has 0 saturated heterocycles. The number of hydrogen-bond donors (Lipinski definition) is 4. The summed E-state index contributed by atoms with van der Waals surface area (Å²) >= 11 is 0. The van der Waals surface area contributed by atoms with Crippen LogP contribution in [-0.4, -0.2) is 45.3 Å². The number of halogens is 3. The first-order valence-corrected chi connectivity index (χ1v) is 11.5. The van der Waals surface area contributed by atoms with E-state index in [1.807, 2.05) is 0 Å². The van der Waals surface area contributed by atoms with Gasteiger partial charge in [0.2, 0.25) is 10.0 Å². The topological polar surface area (TPSA) is 124 Å². The highest BCUT2D eigenvalue weighted by Crippen LogP contribution is 2.43. The Morgan fingerprint density at radius 1 is 1.16 bits per heavy atom. The van der Waals surface area contributed by atoms with Gasteiger partial charge in [0.05, 0.1) is 17.9 Å². The minimum atomic E-state index is -4.89. The highest BCUT2D eigenvalue weighted by atomic mass is 32.2. The molecule has 1 aromatic carbocycles. The zero-order chi connectivity index (χ0) is 22.4. The molecule has 2 aliphatic heterocycles. The van der Waals surface area contributed by atoms with Crippen LogP contribution in [0.3, 0.4) is 0 Å². The van der Waals surface area contributed by atoms with E-state index in [0.717, 1.165) is 37.8 Å². The number of nitrogens with one attached hydrogen (secondary N) is 3. The Balaban J connectivity index is 1.78. The van der Waals surface area contributed by atoms with Gasteiger partial charge in [-0.05, 0) is 43.2 Å². The summed E-state index contributed by atoms with van der Waals surface area (Å²) in [6, 6.07) is 2.16. The third-order valence-corrected chi connectivity index (χ3v) is 6.85. The number of nitrogens with zero attached hydrogens (tertiary/aromatic N) is 3. The number of aliphatic imine (C=N–C) groups is 1. The van der Waals surface area contributed by atoms with Crippen LogP contribution in [0.4, 0.5) is 13.2 Å². The Hall–Kier alpha value is -2.38. The minimum absolute atomic E-state index is 0.0171. The fraction of sp³-hybridized carbons (Fsp3) is 0.556. The maximum Gasteiger partial charge on any atom is 0.417 e. The Labute approximate surface area is 178 Å². The number of rotatable bonds is 4. The summed E-state index contributed by atoms with van der Waals surface area (Å²) < 4.78 is 65.8. The van der Waals surface area contributed by atoms with E-state index in [0.29, 0.717) is 18.4 Å². The molecule has 13 heteroatoms. The first-order chi connectivity index (χ1) is 14.6. The Bertz CT molecular complexity index is 1030. The number of hydrazone groups is 1. The fourth-order valence-corrected chi connectivity index (χ4v) is 5.50. The van der Waals surface area contributed by atoms with Crippen molar-refractivity contribution in [2.75, 3.05) is 20.1 Å². The zero-order valence-electron chi connectivity index (χ0n) is 16.8. The molecule has 2 heterocycles. The average molecular weight is 459 g/mol. The van der Waals surface area contributed by atoms with Crippen molar-refractivity contribution in [3.8, 4) is 0 Å². The minimum Gasteiger partial charge on any atom is -0.372 e. The Morgan fingerprint density at radius 2 is 1.84 bits per heavy atom. The van der Waals surface area contributed by atoms with Crippen LogP contribution < -0.4 is 21.4 Å². The fourth-order valence-electron chi connectivity index (χ4n) is 4.51. The van der Waals surface area contributed by atoms with Gasteiger partial charge in [-0.1, -0.05) is 6.07 Å². The second kappa shape index (κ2) is 7.95. The summed E-state index contributed by atoms with van der Waals surface area (Å²) in [5.41, 5.74) is 4.35. The maximum absolute atomic E-state index is 13.7. The van der Waals surface area contributed by atoms with E-state index in [4.69, 9.17) is 5.14 Å². The first kappa shape index (κ1) is 21.8. The van der Waals surface area contributed by atoms with Crippen molar-refractivity contribution in [3.05, 3.63) is 28.8 Å². The van der Waals surface area contributed by atoms with E-state index in [9.17, 15) is 21.6 Å². The summed E-state index contributed by atoms with van der Waals surface area (Å²) in [5.74, 6) is 1.12. The Kier molecular flexibility index (Phi) is 5.60. The monoisotopic (exact) mass is 459 g/mol. The predicted molar refractivity (Wildman–Crippen MR) is 108 cm³/mol. The van der Waals surface area contributed by atoms with Gasteiger partial charge in [0.25, 0.3) is 0 Å². The quantitative estimate of drug-likeness (QED) is 0.537. The highest BCUT2D eigenvalue weighted by molar-refractivity contribution is 7.89. The molecule has 0 bridgehead atoms. The third kappa shape index (κ3) is 4.34. The molecule has 1 saturated carbocycles. The van der Waals surface area contributed by atoms with Crippen LogP contribution in [0.25, 0.3) is 0 Å². The van der Waals surface area contributed by atoms with Crippen molar-refractivity contribution in [3.63, 3.8) is 0 Å². The lowest BCUT2D eigenvalue weighted by molar-refractivity contribution is -0.139. The molecule has 3 aliphatic rings. The number of benzene rings is 1. The van der Waals surface area contributed by atoms with Gasteiger partial charge in [-0.3, -0.25) is 10.4 Å². The molecule has 4 rings (SSSR count). The number of amidine groups is 2. The molecule has 1 aliphatic carbocycles. The molecule has 31 heavy (non-hydrogen) atoms. The summed E-state index contributed by atoms with van der Waals surface area (Å²) in [6.45, 7) is 1.57. The van der Waals surface area contributed by atoms with Crippen LogP contribution in [0.5, 0.6) is 0 Å². The van der Waals surface area contributed by atoms with Crippen molar-refractivity contribution < 1.29 is 21.6 Å². The van der Waals surface area contributed by atoms with Gasteiger partial charge in [0.15, 0.2) is 5.84 Å². The molecule has 0 amide bonds. The van der Waals surface area contributed by atoms with Crippen molar-refractivity contribution in [1.82, 2.24) is 21.4 Å². The molecule has 170 valence electrons. The van der Waals surface area contributed by atoms with Gasteiger partial charge in [0, 0.05) is 25.1 Å². The van der Waals surface area contributed by atoms with Gasteiger partial charge in [0.1, 0.15) is 4.90 Å². The number of nitrogens with two attached hydrogens (primary N) is 1. The standard InChI is InChI=1S/C18H24F3N7O2S/c1-28-26-17(25-27-28)14-12(6-7-13(18(19,20)21)15(14)31(22,29)30)10-2-4-11(5-3-10)16-23-8-9-24-16/h6-7,10-11,27H,2-5,8-9H2,1H3,(H,23,24)(H,25,26)(H2,22,29,30). The molecule has 0 atom stereocenters. The van der Waals surface area contributed by atoms with Crippen molar-refractivity contribution >= 4 is 21.7 Å². The van der Waals surface area contributed by atoms with Gasteiger partial charge in [-0.25, -0.2) is 19.1 Å². The molecule has 5 N–H and O–H groups in total. The number of hydrogen-bond acceptors (Lipinski definition) is 8. The maximum atomic E-state index is 13.7. The lowest BCUT2D eigenvalue weighted by atomic mass is 9.76. The van der Waals surface area contributed by atoms with Crippen LogP contribution in [0.2, 0.25) is 0 Å². The van der Waals surface area contributed by atoms with E-state index in [1.165, 1.54) is 11.2 Å². The second-order valence-corrected chi connectivity index (χ2v) is 9.42. The molecule has 1 fully saturated rings. The number of primary sulfonamides is 1. The smallest absolute Gasteiger partial charge is 0.372 e. The summed E-state index contributed by atoms with van der Waals surface area (Å²) in [5, 5.41) is 13.9. The molecule has 0 unspecified atom stereocenters. The van der Waals surface area contributed by atoms with Crippen molar-refractivity contribution in [1.29, 1.82) is 0 Å². The van der Waals surface area contributed by atoms with E-state index in [2.05, 4.69) is 26.4 Å². The van der Waals surface area contributed by atoms with E-state index < -0.39 is 26.7 Å². The van der Waals surface area contributed by atoms with Crippen LogP contribution >= 0.6 is 0 Å². The molecular weight excluding hydrogens is 435 g/mol. The van der Waals surface area contributed by atoms with Crippen LogP contribution in [0.1, 0.15) is 48.3 Å². The molecule has 1 aromatic rings. The molecule has 0 radical (unpaired) electrons. The number of alkyl halides is 3. The second-order valence-electron chi connectivity index (χ2n) is 7.92. The average Bonchev–Trinajstić information content (AvgIpc) is 3.37. The summed E-state index contributed by atoms with van der Waals surface area (Å²) in [4.78, 5) is 3.52. The molecular formula is C18H24F3N7O2S. The van der Waals surface area contributed by atoms with Crippen LogP contribution in [0, 0.1) is 5.92 Å².